The normalized spacial score (nSPS) is 8.18. The van der Waals surface area contributed by atoms with Gasteiger partial charge < -0.3 is 10.8 Å². The number of thiophene rings is 1. The van der Waals surface area contributed by atoms with Crippen molar-refractivity contribution in [2.75, 3.05) is 0 Å². The van der Waals surface area contributed by atoms with Crippen molar-refractivity contribution in [1.82, 2.24) is 0 Å². The lowest BCUT2D eigenvalue weighted by Gasteiger charge is -1.79. The smallest absolute Gasteiger partial charge is 0.300 e. The highest BCUT2D eigenvalue weighted by molar-refractivity contribution is 7.09. The molecule has 1 aromatic rings. The van der Waals surface area contributed by atoms with Gasteiger partial charge in [0, 0.05) is 18.3 Å². The molecule has 0 saturated carbocycles. The molecular weight excluding hydrogens is 162 g/mol. The van der Waals surface area contributed by atoms with Gasteiger partial charge in [-0.2, -0.15) is 0 Å². The Kier molecular flexibility index (Phi) is 5.42. The summed E-state index contributed by atoms with van der Waals surface area (Å²) >= 11 is 1.70. The van der Waals surface area contributed by atoms with Crippen molar-refractivity contribution in [2.24, 2.45) is 5.73 Å². The lowest BCUT2D eigenvalue weighted by atomic mass is 10.5. The molecule has 0 radical (unpaired) electrons. The average molecular weight is 173 g/mol. The molecule has 1 aromatic heterocycles. The molecule has 1 rings (SSSR count). The molecule has 0 aliphatic carbocycles. The minimum atomic E-state index is -0.833. The van der Waals surface area contributed by atoms with Gasteiger partial charge in [0.05, 0.1) is 0 Å². The number of rotatable bonds is 1. The van der Waals surface area contributed by atoms with Gasteiger partial charge in [0.2, 0.25) is 0 Å². The zero-order valence-electron chi connectivity index (χ0n) is 6.28. The summed E-state index contributed by atoms with van der Waals surface area (Å²) < 4.78 is 0. The topological polar surface area (TPSA) is 63.3 Å². The van der Waals surface area contributed by atoms with Crippen LogP contribution in [0.2, 0.25) is 0 Å². The van der Waals surface area contributed by atoms with Crippen LogP contribution in [0, 0.1) is 0 Å². The summed E-state index contributed by atoms with van der Waals surface area (Å²) in [5.41, 5.74) is 5.30. The molecule has 11 heavy (non-hydrogen) atoms. The first-order chi connectivity index (χ1) is 5.16. The van der Waals surface area contributed by atoms with Gasteiger partial charge >= 0.3 is 0 Å². The van der Waals surface area contributed by atoms with Gasteiger partial charge in [-0.25, -0.2) is 0 Å². The van der Waals surface area contributed by atoms with Gasteiger partial charge in [-0.05, 0) is 11.4 Å². The van der Waals surface area contributed by atoms with Crippen LogP contribution in [0.4, 0.5) is 0 Å². The molecule has 0 aliphatic heterocycles. The Morgan fingerprint density at radius 2 is 2.36 bits per heavy atom. The molecule has 0 atom stereocenters. The molecule has 62 valence electrons. The van der Waals surface area contributed by atoms with Crippen LogP contribution in [0.15, 0.2) is 17.5 Å². The second-order valence-corrected chi connectivity index (χ2v) is 2.83. The van der Waals surface area contributed by atoms with Crippen LogP contribution >= 0.6 is 11.3 Å². The van der Waals surface area contributed by atoms with Crippen LogP contribution < -0.4 is 5.73 Å². The molecule has 0 aromatic carbocycles. The van der Waals surface area contributed by atoms with Gasteiger partial charge in [-0.1, -0.05) is 6.07 Å². The molecule has 3 nitrogen and oxygen atoms in total. The van der Waals surface area contributed by atoms with Gasteiger partial charge in [-0.3, -0.25) is 4.79 Å². The minimum Gasteiger partial charge on any atom is -0.481 e. The monoisotopic (exact) mass is 173 g/mol. The van der Waals surface area contributed by atoms with Gasteiger partial charge in [0.1, 0.15) is 0 Å². The highest BCUT2D eigenvalue weighted by Crippen LogP contribution is 2.05. The van der Waals surface area contributed by atoms with Crippen LogP contribution in [-0.4, -0.2) is 11.1 Å². The van der Waals surface area contributed by atoms with E-state index in [4.69, 9.17) is 15.6 Å². The van der Waals surface area contributed by atoms with E-state index in [-0.39, 0.29) is 0 Å². The zero-order valence-corrected chi connectivity index (χ0v) is 7.10. The van der Waals surface area contributed by atoms with Crippen molar-refractivity contribution in [3.05, 3.63) is 22.4 Å². The Hall–Kier alpha value is -0.870. The predicted octanol–water partition coefficient (Wildman–Crippen LogP) is 1.30. The fourth-order valence-electron chi connectivity index (χ4n) is 0.429. The van der Waals surface area contributed by atoms with E-state index in [1.807, 2.05) is 17.5 Å². The molecule has 0 unspecified atom stereocenters. The molecule has 0 aliphatic rings. The molecular formula is C7H11NO2S. The Balaban J connectivity index is 0.000000218. The lowest BCUT2D eigenvalue weighted by Crippen LogP contribution is -1.90. The van der Waals surface area contributed by atoms with Crippen molar-refractivity contribution in [1.29, 1.82) is 0 Å². The fourth-order valence-corrected chi connectivity index (χ4v) is 1.01. The molecule has 3 N–H and O–H groups in total. The first kappa shape index (κ1) is 10.1. The molecule has 0 saturated heterocycles. The molecule has 0 fully saturated rings. The fraction of sp³-hybridized carbons (Fsp3) is 0.286. The Labute approximate surface area is 69.5 Å². The predicted molar refractivity (Wildman–Crippen MR) is 45.5 cm³/mol. The Bertz CT molecular complexity index is 192. The van der Waals surface area contributed by atoms with Crippen LogP contribution in [-0.2, 0) is 11.3 Å². The van der Waals surface area contributed by atoms with E-state index in [9.17, 15) is 0 Å². The Morgan fingerprint density at radius 3 is 2.55 bits per heavy atom. The van der Waals surface area contributed by atoms with Crippen molar-refractivity contribution in [2.45, 2.75) is 13.5 Å². The quantitative estimate of drug-likeness (QED) is 0.672. The molecule has 1 heterocycles. The highest BCUT2D eigenvalue weighted by atomic mass is 32.1. The van der Waals surface area contributed by atoms with E-state index in [0.29, 0.717) is 6.54 Å². The lowest BCUT2D eigenvalue weighted by molar-refractivity contribution is -0.134. The molecule has 4 heteroatoms. The number of carboxylic acids is 1. The summed E-state index contributed by atoms with van der Waals surface area (Å²) in [6, 6.07) is 4.04. The van der Waals surface area contributed by atoms with E-state index < -0.39 is 5.97 Å². The maximum absolute atomic E-state index is 9.00. The van der Waals surface area contributed by atoms with E-state index in [1.165, 1.54) is 4.88 Å². The Morgan fingerprint density at radius 1 is 1.82 bits per heavy atom. The maximum atomic E-state index is 9.00. The zero-order chi connectivity index (χ0) is 8.69. The van der Waals surface area contributed by atoms with Crippen LogP contribution in [0.1, 0.15) is 11.8 Å². The van der Waals surface area contributed by atoms with Crippen LogP contribution in [0.25, 0.3) is 0 Å². The van der Waals surface area contributed by atoms with Crippen molar-refractivity contribution in [3.8, 4) is 0 Å². The van der Waals surface area contributed by atoms with Crippen molar-refractivity contribution >= 4 is 17.3 Å². The minimum absolute atomic E-state index is 0.678. The average Bonchev–Trinajstić information content (AvgIpc) is 2.36. The number of aliphatic carboxylic acids is 1. The summed E-state index contributed by atoms with van der Waals surface area (Å²) in [5.74, 6) is -0.833. The number of nitrogens with two attached hydrogens (primary N) is 1. The van der Waals surface area contributed by atoms with Crippen molar-refractivity contribution in [3.63, 3.8) is 0 Å². The van der Waals surface area contributed by atoms with Crippen molar-refractivity contribution < 1.29 is 9.90 Å². The third kappa shape index (κ3) is 7.02. The summed E-state index contributed by atoms with van der Waals surface area (Å²) in [4.78, 5) is 10.2. The first-order valence-corrected chi connectivity index (χ1v) is 3.96. The van der Waals surface area contributed by atoms with Crippen LogP contribution in [0.3, 0.4) is 0 Å². The van der Waals surface area contributed by atoms with Crippen LogP contribution in [0.5, 0.6) is 0 Å². The first-order valence-electron chi connectivity index (χ1n) is 3.08. The number of carboxylic acid groups (broad SMARTS) is 1. The third-order valence-electron chi connectivity index (χ3n) is 0.781. The number of hydrogen-bond donors (Lipinski definition) is 2. The summed E-state index contributed by atoms with van der Waals surface area (Å²) in [5, 5.41) is 9.45. The van der Waals surface area contributed by atoms with Gasteiger partial charge in [0.15, 0.2) is 0 Å². The second kappa shape index (κ2) is 5.88. The van der Waals surface area contributed by atoms with E-state index >= 15 is 0 Å². The largest absolute Gasteiger partial charge is 0.481 e. The summed E-state index contributed by atoms with van der Waals surface area (Å²) in [7, 11) is 0. The van der Waals surface area contributed by atoms with E-state index in [0.717, 1.165) is 6.92 Å². The summed E-state index contributed by atoms with van der Waals surface area (Å²) in [6.45, 7) is 1.76. The molecule has 0 spiro atoms. The number of hydrogen-bond acceptors (Lipinski definition) is 3. The van der Waals surface area contributed by atoms with Gasteiger partial charge in [-0.15, -0.1) is 11.3 Å². The molecule has 0 amide bonds. The van der Waals surface area contributed by atoms with Gasteiger partial charge in [0.25, 0.3) is 5.97 Å². The third-order valence-corrected chi connectivity index (χ3v) is 1.68. The van der Waals surface area contributed by atoms with E-state index in [1.54, 1.807) is 11.3 Å². The number of carbonyl (C=O) groups is 1. The highest BCUT2D eigenvalue weighted by Gasteiger charge is 1.82. The summed E-state index contributed by atoms with van der Waals surface area (Å²) in [6.07, 6.45) is 0. The maximum Gasteiger partial charge on any atom is 0.300 e. The SMILES string of the molecule is CC(=O)O.NCc1cccs1. The second-order valence-electron chi connectivity index (χ2n) is 1.80. The van der Waals surface area contributed by atoms with E-state index in [2.05, 4.69) is 0 Å². The standard InChI is InChI=1S/C5H7NS.C2H4O2/c6-4-5-2-1-3-7-5;1-2(3)4/h1-3H,4,6H2;1H3,(H,3,4). The molecule has 0 bridgehead atoms.